The Bertz CT molecular complexity index is 1320. The van der Waals surface area contributed by atoms with E-state index < -0.39 is 29.3 Å². The summed E-state index contributed by atoms with van der Waals surface area (Å²) in [6.45, 7) is 1.57. The number of alkyl halides is 3. The summed E-state index contributed by atoms with van der Waals surface area (Å²) in [5.74, 6) is -1.97. The highest BCUT2D eigenvalue weighted by atomic mass is 19.4. The normalized spacial score (nSPS) is 13.7. The van der Waals surface area contributed by atoms with Gasteiger partial charge in [0.25, 0.3) is 0 Å². The first-order chi connectivity index (χ1) is 17.2. The number of carbonyl (C=O) groups excluding carboxylic acids is 1. The van der Waals surface area contributed by atoms with Gasteiger partial charge in [0.1, 0.15) is 24.0 Å². The molecule has 0 spiro atoms. The van der Waals surface area contributed by atoms with Crippen LogP contribution in [-0.2, 0) is 17.5 Å². The lowest BCUT2D eigenvalue weighted by Gasteiger charge is -2.17. The van der Waals surface area contributed by atoms with E-state index in [-0.39, 0.29) is 35.7 Å². The molecule has 0 unspecified atom stereocenters. The zero-order valence-electron chi connectivity index (χ0n) is 19.3. The van der Waals surface area contributed by atoms with E-state index in [2.05, 4.69) is 4.98 Å². The highest BCUT2D eigenvalue weighted by molar-refractivity contribution is 5.96. The Morgan fingerprint density at radius 3 is 2.50 bits per heavy atom. The number of pyridine rings is 1. The lowest BCUT2D eigenvalue weighted by atomic mass is 9.95. The lowest BCUT2D eigenvalue weighted by Crippen LogP contribution is -2.07. The van der Waals surface area contributed by atoms with E-state index in [0.29, 0.717) is 36.5 Å². The van der Waals surface area contributed by atoms with Crippen LogP contribution < -0.4 is 4.74 Å². The van der Waals surface area contributed by atoms with Gasteiger partial charge in [0.2, 0.25) is 0 Å². The Balaban J connectivity index is 1.76. The van der Waals surface area contributed by atoms with Gasteiger partial charge in [-0.05, 0) is 79.3 Å². The second-order valence-electron chi connectivity index (χ2n) is 8.23. The van der Waals surface area contributed by atoms with Crippen molar-refractivity contribution in [1.29, 1.82) is 0 Å². The van der Waals surface area contributed by atoms with Crippen molar-refractivity contribution in [2.75, 3.05) is 6.61 Å². The highest BCUT2D eigenvalue weighted by Crippen LogP contribution is 2.44. The highest BCUT2D eigenvalue weighted by Gasteiger charge is 2.32. The summed E-state index contributed by atoms with van der Waals surface area (Å²) in [7, 11) is 0. The van der Waals surface area contributed by atoms with Crippen LogP contribution in [0.2, 0.25) is 0 Å². The molecule has 0 radical (unpaired) electrons. The largest absolute Gasteiger partial charge is 0.488 e. The number of carbonyl (C=O) groups is 1. The Hall–Kier alpha value is -3.75. The predicted octanol–water partition coefficient (Wildman–Crippen LogP) is 7.23. The van der Waals surface area contributed by atoms with Gasteiger partial charge in [-0.15, -0.1) is 0 Å². The molecule has 36 heavy (non-hydrogen) atoms. The molecule has 0 saturated carbocycles. The number of nitrogens with zero attached hydrogens (tertiary/aromatic N) is 1. The number of ether oxygens (including phenoxy) is 2. The van der Waals surface area contributed by atoms with Gasteiger partial charge in [-0.3, -0.25) is 4.98 Å². The minimum Gasteiger partial charge on any atom is -0.488 e. The zero-order chi connectivity index (χ0) is 25.9. The molecule has 1 aliphatic rings. The third-order valence-electron chi connectivity index (χ3n) is 5.85. The molecule has 1 aliphatic carbocycles. The van der Waals surface area contributed by atoms with Crippen LogP contribution in [-0.4, -0.2) is 17.6 Å². The third-order valence-corrected chi connectivity index (χ3v) is 5.85. The van der Waals surface area contributed by atoms with Crippen LogP contribution in [0.4, 0.5) is 22.0 Å². The van der Waals surface area contributed by atoms with E-state index in [1.54, 1.807) is 19.2 Å². The monoisotopic (exact) mass is 503 g/mol. The summed E-state index contributed by atoms with van der Waals surface area (Å²) in [5, 5.41) is 0. The number of hydrogen-bond donors (Lipinski definition) is 0. The number of aromatic nitrogens is 1. The molecule has 3 aromatic rings. The van der Waals surface area contributed by atoms with Gasteiger partial charge in [-0.2, -0.15) is 13.2 Å². The number of hydrogen-bond acceptors (Lipinski definition) is 4. The van der Waals surface area contributed by atoms with Crippen molar-refractivity contribution >= 4 is 17.1 Å². The second kappa shape index (κ2) is 10.5. The van der Waals surface area contributed by atoms with Gasteiger partial charge in [0.05, 0.1) is 17.7 Å². The first kappa shape index (κ1) is 25.3. The molecule has 0 fully saturated rings. The quantitative estimate of drug-likeness (QED) is 0.252. The maximum Gasteiger partial charge on any atom is 0.416 e. The number of rotatable bonds is 7. The molecule has 0 N–H and O–H groups in total. The van der Waals surface area contributed by atoms with Crippen LogP contribution >= 0.6 is 0 Å². The van der Waals surface area contributed by atoms with Gasteiger partial charge in [0, 0.05) is 29.6 Å². The van der Waals surface area contributed by atoms with Crippen molar-refractivity contribution in [2.24, 2.45) is 0 Å². The molecule has 0 aliphatic heterocycles. The topological polar surface area (TPSA) is 48.4 Å². The van der Waals surface area contributed by atoms with Crippen LogP contribution in [0.5, 0.6) is 5.75 Å². The summed E-state index contributed by atoms with van der Waals surface area (Å²) < 4.78 is 78.8. The maximum atomic E-state index is 14.1. The van der Waals surface area contributed by atoms with Crippen molar-refractivity contribution < 1.29 is 36.2 Å². The van der Waals surface area contributed by atoms with Gasteiger partial charge in [0.15, 0.2) is 0 Å². The van der Waals surface area contributed by atoms with E-state index in [9.17, 15) is 26.7 Å². The fraction of sp³-hybridized carbons (Fsp3) is 0.259. The lowest BCUT2D eigenvalue weighted by molar-refractivity contribution is -0.137. The molecule has 4 rings (SSSR count). The van der Waals surface area contributed by atoms with E-state index >= 15 is 0 Å². The molecule has 1 heterocycles. The average molecular weight is 503 g/mol. The second-order valence-corrected chi connectivity index (χ2v) is 8.23. The molecule has 0 atom stereocenters. The van der Waals surface area contributed by atoms with Crippen LogP contribution in [0.3, 0.4) is 0 Å². The SMILES string of the molecule is CCOC(=O)c1cncc(C2=C(c3cc(C(F)(F)F)ccc3OCc3ccc(F)cc3F)CCC2)c1. The Kier molecular flexibility index (Phi) is 7.37. The molecule has 9 heteroatoms. The van der Waals surface area contributed by atoms with E-state index in [1.807, 2.05) is 0 Å². The number of allylic oxidation sites excluding steroid dienone is 2. The third kappa shape index (κ3) is 5.56. The Morgan fingerprint density at radius 2 is 1.78 bits per heavy atom. The van der Waals surface area contributed by atoms with Crippen molar-refractivity contribution in [3.8, 4) is 5.75 Å². The van der Waals surface area contributed by atoms with Crippen LogP contribution in [0, 0.1) is 11.6 Å². The number of esters is 1. The summed E-state index contributed by atoms with van der Waals surface area (Å²) in [4.78, 5) is 16.3. The predicted molar refractivity (Wildman–Crippen MR) is 123 cm³/mol. The van der Waals surface area contributed by atoms with Crippen molar-refractivity contribution in [3.63, 3.8) is 0 Å². The number of halogens is 5. The summed E-state index contributed by atoms with van der Waals surface area (Å²) in [6.07, 6.45) is 0.0445. The first-order valence-corrected chi connectivity index (χ1v) is 11.3. The molecule has 1 aromatic heterocycles. The van der Waals surface area contributed by atoms with Crippen molar-refractivity contribution in [1.82, 2.24) is 4.98 Å². The Labute approximate surface area is 204 Å². The minimum absolute atomic E-state index is 0.0641. The molecule has 0 bridgehead atoms. The average Bonchev–Trinajstić information content (AvgIpc) is 3.33. The van der Waals surface area contributed by atoms with Gasteiger partial charge in [-0.1, -0.05) is 0 Å². The summed E-state index contributed by atoms with van der Waals surface area (Å²) in [5.41, 5.74) is 1.64. The smallest absolute Gasteiger partial charge is 0.416 e. The molecule has 0 saturated heterocycles. The minimum atomic E-state index is -4.58. The van der Waals surface area contributed by atoms with E-state index in [0.717, 1.165) is 23.8 Å². The fourth-order valence-corrected chi connectivity index (χ4v) is 4.15. The van der Waals surface area contributed by atoms with Gasteiger partial charge in [-0.25, -0.2) is 13.6 Å². The van der Waals surface area contributed by atoms with Gasteiger partial charge >= 0.3 is 12.1 Å². The van der Waals surface area contributed by atoms with E-state index in [1.165, 1.54) is 18.3 Å². The fourth-order valence-electron chi connectivity index (χ4n) is 4.15. The first-order valence-electron chi connectivity index (χ1n) is 11.3. The van der Waals surface area contributed by atoms with Crippen LogP contribution in [0.25, 0.3) is 11.1 Å². The van der Waals surface area contributed by atoms with Crippen molar-refractivity contribution in [2.45, 2.75) is 39.0 Å². The molecular weight excluding hydrogens is 481 g/mol. The molecule has 4 nitrogen and oxygen atoms in total. The maximum absolute atomic E-state index is 14.1. The number of benzene rings is 2. The van der Waals surface area contributed by atoms with Gasteiger partial charge < -0.3 is 9.47 Å². The van der Waals surface area contributed by atoms with Crippen LogP contribution in [0.1, 0.15) is 58.8 Å². The standard InChI is InChI=1S/C27H22F5NO3/c1-2-35-26(34)18-10-17(13-33-14-18)21-4-3-5-22(21)23-11-19(27(30,31)32)7-9-25(23)36-15-16-6-8-20(28)12-24(16)29/h6-14H,2-5,15H2,1H3. The molecule has 2 aromatic carbocycles. The van der Waals surface area contributed by atoms with Crippen LogP contribution in [0.15, 0.2) is 54.9 Å². The summed E-state index contributed by atoms with van der Waals surface area (Å²) >= 11 is 0. The molecule has 188 valence electrons. The van der Waals surface area contributed by atoms with E-state index in [4.69, 9.17) is 9.47 Å². The Morgan fingerprint density at radius 1 is 1.00 bits per heavy atom. The molecule has 0 amide bonds. The zero-order valence-corrected chi connectivity index (χ0v) is 19.3. The molecular formula is C27H22F5NO3. The summed E-state index contributed by atoms with van der Waals surface area (Å²) in [6, 6.07) is 7.74. The van der Waals surface area contributed by atoms with Crippen molar-refractivity contribution in [3.05, 3.63) is 94.3 Å².